The van der Waals surface area contributed by atoms with Crippen LogP contribution in [0.15, 0.2) is 24.3 Å². The molecule has 2 unspecified atom stereocenters. The van der Waals surface area contributed by atoms with E-state index in [2.05, 4.69) is 26.1 Å². The smallest absolute Gasteiger partial charge is 0.227 e. The molecule has 0 saturated carbocycles. The van der Waals surface area contributed by atoms with E-state index < -0.39 is 5.92 Å². The summed E-state index contributed by atoms with van der Waals surface area (Å²) in [5, 5.41) is 12.2. The summed E-state index contributed by atoms with van der Waals surface area (Å²) in [6, 6.07) is 5.75. The first-order valence-corrected chi connectivity index (χ1v) is 6.89. The topological polar surface area (TPSA) is 49.3 Å². The molecule has 1 aromatic carbocycles. The molecule has 4 heteroatoms. The lowest BCUT2D eigenvalue weighted by Crippen LogP contribution is -2.41. The lowest BCUT2D eigenvalue weighted by atomic mass is 9.88. The van der Waals surface area contributed by atoms with Gasteiger partial charge < -0.3 is 10.4 Å². The van der Waals surface area contributed by atoms with Gasteiger partial charge in [-0.25, -0.2) is 4.39 Å². The lowest BCUT2D eigenvalue weighted by Gasteiger charge is -2.26. The van der Waals surface area contributed by atoms with Gasteiger partial charge in [-0.15, -0.1) is 0 Å². The zero-order valence-electron chi connectivity index (χ0n) is 12.6. The van der Waals surface area contributed by atoms with Crippen LogP contribution in [-0.2, 0) is 4.79 Å². The van der Waals surface area contributed by atoms with Crippen LogP contribution in [0.5, 0.6) is 0 Å². The van der Waals surface area contributed by atoms with Gasteiger partial charge in [-0.2, -0.15) is 0 Å². The van der Waals surface area contributed by atoms with Gasteiger partial charge in [0.15, 0.2) is 0 Å². The number of amides is 1. The number of hydrogen-bond acceptors (Lipinski definition) is 2. The predicted molar refractivity (Wildman–Crippen MR) is 77.9 cm³/mol. The third-order valence-corrected chi connectivity index (χ3v) is 3.17. The summed E-state index contributed by atoms with van der Waals surface area (Å²) < 4.78 is 13.2. The van der Waals surface area contributed by atoms with Gasteiger partial charge in [-0.1, -0.05) is 32.9 Å². The molecule has 0 spiro atoms. The van der Waals surface area contributed by atoms with Crippen molar-refractivity contribution in [1.82, 2.24) is 5.32 Å². The second-order valence-corrected chi connectivity index (χ2v) is 6.43. The molecule has 0 saturated heterocycles. The SMILES string of the molecule is CC(C(=O)NC(CO)CC(C)(C)C)c1cccc(F)c1. The summed E-state index contributed by atoms with van der Waals surface area (Å²) in [6.07, 6.45) is 0.686. The van der Waals surface area contributed by atoms with E-state index in [9.17, 15) is 14.3 Å². The Morgan fingerprint density at radius 1 is 1.40 bits per heavy atom. The van der Waals surface area contributed by atoms with E-state index in [1.165, 1.54) is 12.1 Å². The summed E-state index contributed by atoms with van der Waals surface area (Å²) in [5.41, 5.74) is 0.651. The van der Waals surface area contributed by atoms with Crippen molar-refractivity contribution in [2.75, 3.05) is 6.61 Å². The highest BCUT2D eigenvalue weighted by Crippen LogP contribution is 2.22. The minimum atomic E-state index is -0.445. The minimum absolute atomic E-state index is 0.0166. The van der Waals surface area contributed by atoms with Gasteiger partial charge in [0.25, 0.3) is 0 Å². The van der Waals surface area contributed by atoms with Gasteiger partial charge in [-0.3, -0.25) is 4.79 Å². The maximum Gasteiger partial charge on any atom is 0.227 e. The monoisotopic (exact) mass is 281 g/mol. The summed E-state index contributed by atoms with van der Waals surface area (Å²) in [4.78, 5) is 12.2. The van der Waals surface area contributed by atoms with Crippen LogP contribution in [0.1, 0.15) is 45.6 Å². The molecular weight excluding hydrogens is 257 g/mol. The van der Waals surface area contributed by atoms with Crippen LogP contribution in [-0.4, -0.2) is 23.7 Å². The molecule has 0 aliphatic carbocycles. The van der Waals surface area contributed by atoms with Gasteiger partial charge in [0.2, 0.25) is 5.91 Å². The fourth-order valence-electron chi connectivity index (χ4n) is 2.15. The lowest BCUT2D eigenvalue weighted by molar-refractivity contribution is -0.123. The zero-order valence-corrected chi connectivity index (χ0v) is 12.6. The zero-order chi connectivity index (χ0) is 15.3. The molecule has 1 rings (SSSR count). The van der Waals surface area contributed by atoms with Crippen LogP contribution < -0.4 is 5.32 Å². The molecule has 2 N–H and O–H groups in total. The van der Waals surface area contributed by atoms with Crippen molar-refractivity contribution in [1.29, 1.82) is 0 Å². The average Bonchev–Trinajstić information content (AvgIpc) is 2.35. The van der Waals surface area contributed by atoms with Gasteiger partial charge in [0, 0.05) is 0 Å². The molecule has 112 valence electrons. The molecule has 0 fully saturated rings. The number of aliphatic hydroxyl groups excluding tert-OH is 1. The number of halogens is 1. The van der Waals surface area contributed by atoms with Crippen molar-refractivity contribution in [2.24, 2.45) is 5.41 Å². The number of nitrogens with one attached hydrogen (secondary N) is 1. The number of carbonyl (C=O) groups is 1. The van der Waals surface area contributed by atoms with E-state index in [4.69, 9.17) is 0 Å². The van der Waals surface area contributed by atoms with E-state index in [1.807, 2.05) is 0 Å². The molecule has 1 amide bonds. The molecule has 1 aromatic rings. The molecule has 0 bridgehead atoms. The Hall–Kier alpha value is -1.42. The van der Waals surface area contributed by atoms with Gasteiger partial charge >= 0.3 is 0 Å². The summed E-state index contributed by atoms with van der Waals surface area (Å²) in [5.74, 6) is -0.992. The third-order valence-electron chi connectivity index (χ3n) is 3.17. The molecule has 0 aromatic heterocycles. The first-order chi connectivity index (χ1) is 9.23. The van der Waals surface area contributed by atoms with E-state index in [0.29, 0.717) is 12.0 Å². The largest absolute Gasteiger partial charge is 0.394 e. The Morgan fingerprint density at radius 2 is 2.05 bits per heavy atom. The molecule has 20 heavy (non-hydrogen) atoms. The molecule has 0 aliphatic rings. The Kier molecular flexibility index (Phi) is 5.69. The molecule has 0 heterocycles. The van der Waals surface area contributed by atoms with Crippen molar-refractivity contribution >= 4 is 5.91 Å². The van der Waals surface area contributed by atoms with Crippen molar-refractivity contribution in [3.63, 3.8) is 0 Å². The van der Waals surface area contributed by atoms with Crippen LogP contribution in [0.3, 0.4) is 0 Å². The van der Waals surface area contributed by atoms with Gasteiger partial charge in [0.1, 0.15) is 5.82 Å². The highest BCUT2D eigenvalue weighted by atomic mass is 19.1. The van der Waals surface area contributed by atoms with Crippen LogP contribution >= 0.6 is 0 Å². The van der Waals surface area contributed by atoms with Crippen LogP contribution in [0, 0.1) is 11.2 Å². The van der Waals surface area contributed by atoms with Crippen molar-refractivity contribution in [3.05, 3.63) is 35.6 Å². The second-order valence-electron chi connectivity index (χ2n) is 6.43. The predicted octanol–water partition coefficient (Wildman–Crippen LogP) is 2.84. The number of benzene rings is 1. The highest BCUT2D eigenvalue weighted by molar-refractivity contribution is 5.83. The van der Waals surface area contributed by atoms with E-state index >= 15 is 0 Å². The first kappa shape index (κ1) is 16.6. The van der Waals surface area contributed by atoms with Crippen LogP contribution in [0.4, 0.5) is 4.39 Å². The molecule has 3 nitrogen and oxygen atoms in total. The molecule has 0 radical (unpaired) electrons. The fourth-order valence-corrected chi connectivity index (χ4v) is 2.15. The normalized spacial score (nSPS) is 14.7. The Balaban J connectivity index is 2.69. The number of aliphatic hydroxyl groups is 1. The van der Waals surface area contributed by atoms with Crippen LogP contribution in [0.25, 0.3) is 0 Å². The van der Waals surface area contributed by atoms with E-state index in [1.54, 1.807) is 19.1 Å². The summed E-state index contributed by atoms with van der Waals surface area (Å²) >= 11 is 0. The average molecular weight is 281 g/mol. The maximum atomic E-state index is 13.2. The van der Waals surface area contributed by atoms with Gasteiger partial charge in [-0.05, 0) is 36.5 Å². The number of carbonyl (C=O) groups excluding carboxylic acids is 1. The summed E-state index contributed by atoms with van der Waals surface area (Å²) in [6.45, 7) is 7.79. The third kappa shape index (κ3) is 5.29. The summed E-state index contributed by atoms with van der Waals surface area (Å²) in [7, 11) is 0. The molecule has 2 atom stereocenters. The maximum absolute atomic E-state index is 13.2. The van der Waals surface area contributed by atoms with Crippen molar-refractivity contribution in [2.45, 2.75) is 46.1 Å². The highest BCUT2D eigenvalue weighted by Gasteiger charge is 2.23. The number of hydrogen-bond donors (Lipinski definition) is 2. The first-order valence-electron chi connectivity index (χ1n) is 6.89. The van der Waals surface area contributed by atoms with Crippen molar-refractivity contribution in [3.8, 4) is 0 Å². The second kappa shape index (κ2) is 6.84. The Labute approximate surface area is 120 Å². The Morgan fingerprint density at radius 3 is 2.55 bits per heavy atom. The minimum Gasteiger partial charge on any atom is -0.394 e. The molecular formula is C16H24FNO2. The fraction of sp³-hybridized carbons (Fsp3) is 0.562. The molecule has 0 aliphatic heterocycles. The van der Waals surface area contributed by atoms with E-state index in [0.717, 1.165) is 0 Å². The standard InChI is InChI=1S/C16H24FNO2/c1-11(12-6-5-7-13(17)8-12)15(20)18-14(10-19)9-16(2,3)4/h5-8,11,14,19H,9-10H2,1-4H3,(H,18,20). The van der Waals surface area contributed by atoms with Crippen molar-refractivity contribution < 1.29 is 14.3 Å². The quantitative estimate of drug-likeness (QED) is 0.872. The Bertz CT molecular complexity index is 454. The van der Waals surface area contributed by atoms with E-state index in [-0.39, 0.29) is 29.8 Å². The number of rotatable bonds is 5. The van der Waals surface area contributed by atoms with Crippen LogP contribution in [0.2, 0.25) is 0 Å². The van der Waals surface area contributed by atoms with Gasteiger partial charge in [0.05, 0.1) is 18.6 Å².